The summed E-state index contributed by atoms with van der Waals surface area (Å²) in [6, 6.07) is 3.73. The van der Waals surface area contributed by atoms with Crippen molar-refractivity contribution in [1.82, 2.24) is 9.80 Å². The zero-order valence-corrected chi connectivity index (χ0v) is 21.8. The molecule has 1 amide bonds. The zero-order chi connectivity index (χ0) is 23.7. The number of fused-ring (bicyclic) bond motifs is 1. The van der Waals surface area contributed by atoms with Crippen molar-refractivity contribution in [1.29, 1.82) is 0 Å². The third-order valence-electron chi connectivity index (χ3n) is 10.0. The van der Waals surface area contributed by atoms with Crippen LogP contribution in [-0.4, -0.2) is 75.5 Å². The van der Waals surface area contributed by atoms with E-state index < -0.39 is 12.6 Å². The van der Waals surface area contributed by atoms with Crippen molar-refractivity contribution < 1.29 is 19.7 Å². The molecule has 6 rings (SSSR count). The van der Waals surface area contributed by atoms with Gasteiger partial charge in [-0.2, -0.15) is 0 Å². The van der Waals surface area contributed by atoms with Gasteiger partial charge in [-0.05, 0) is 0 Å². The molecule has 188 valence electrons. The van der Waals surface area contributed by atoms with Gasteiger partial charge in [0.15, 0.2) is 0 Å². The maximum absolute atomic E-state index is 13.5. The fourth-order valence-corrected chi connectivity index (χ4v) is 14.5. The van der Waals surface area contributed by atoms with E-state index in [9.17, 15) is 15.0 Å². The zero-order valence-electron chi connectivity index (χ0n) is 20.8. The Morgan fingerprint density at radius 2 is 1.94 bits per heavy atom. The summed E-state index contributed by atoms with van der Waals surface area (Å²) in [6.45, 7) is 7.49. The predicted molar refractivity (Wildman–Crippen MR) is 137 cm³/mol. The molecule has 1 spiro atoms. The van der Waals surface area contributed by atoms with Crippen LogP contribution in [0.4, 0.5) is 0 Å². The number of phenols is 1. The molecule has 1 aromatic carbocycles. The number of aliphatic hydroxyl groups is 1. The number of ether oxygens (including phenoxy) is 1. The molecule has 6 nitrogen and oxygen atoms in total. The first-order valence-electron chi connectivity index (χ1n) is 13.6. The molecule has 2 N–H and O–H groups in total. The van der Waals surface area contributed by atoms with Gasteiger partial charge in [0.1, 0.15) is 0 Å². The first-order valence-corrected chi connectivity index (χ1v) is 15.9. The van der Waals surface area contributed by atoms with Crippen LogP contribution in [0.1, 0.15) is 63.9 Å². The number of amides is 1. The van der Waals surface area contributed by atoms with Gasteiger partial charge in [-0.3, -0.25) is 0 Å². The molecule has 0 bridgehead atoms. The Hall–Kier alpha value is -1.36. The molecule has 4 fully saturated rings. The Balaban J connectivity index is 1.39. The van der Waals surface area contributed by atoms with Crippen molar-refractivity contribution in [3.63, 3.8) is 0 Å². The fourth-order valence-electron chi connectivity index (χ4n) is 7.85. The Morgan fingerprint density at radius 3 is 2.68 bits per heavy atom. The van der Waals surface area contributed by atoms with E-state index in [1.807, 2.05) is 11.0 Å². The van der Waals surface area contributed by atoms with Crippen molar-refractivity contribution in [3.05, 3.63) is 17.7 Å². The fraction of sp³-hybridized carbons (Fsp3) is 0.741. The second-order valence-corrected chi connectivity index (χ2v) is 16.4. The van der Waals surface area contributed by atoms with Crippen molar-refractivity contribution >= 4 is 18.5 Å². The Bertz CT molecular complexity index is 978. The molecule has 3 aliphatic heterocycles. The van der Waals surface area contributed by atoms with E-state index in [-0.39, 0.29) is 23.5 Å². The van der Waals surface area contributed by atoms with E-state index >= 15 is 0 Å². The van der Waals surface area contributed by atoms with Crippen LogP contribution in [0.25, 0.3) is 0 Å². The molecule has 0 aromatic heterocycles. The second kappa shape index (κ2) is 8.35. The van der Waals surface area contributed by atoms with Gasteiger partial charge in [-0.25, -0.2) is 0 Å². The van der Waals surface area contributed by atoms with Crippen LogP contribution >= 0.6 is 7.26 Å². The van der Waals surface area contributed by atoms with Gasteiger partial charge >= 0.3 is 204 Å². The van der Waals surface area contributed by atoms with Crippen LogP contribution in [0.15, 0.2) is 12.1 Å². The predicted octanol–water partition coefficient (Wildman–Crippen LogP) is 3.41. The standard InChI is InChI=1S/C27H41N2O4P/c1-18-7-10-22(30)25-26(18)34-14-13-28(16-21-8-9-21)19(2)27(34,32)11-12-29(17-24(34)33-25)23(31)15-20-5-3-4-6-20/h7,10,19-21,24,30,32,34H,3-6,8-9,11-17H2,1-2H3/t19?,24-,27?/m1/s1. The Labute approximate surface area is 204 Å². The third-order valence-corrected chi connectivity index (χ3v) is 16.2. The average Bonchev–Trinajstić information content (AvgIpc) is 3.40. The summed E-state index contributed by atoms with van der Waals surface area (Å²) in [7, 11) is -2.67. The number of hydrogen-bond acceptors (Lipinski definition) is 5. The van der Waals surface area contributed by atoms with E-state index in [2.05, 4.69) is 18.7 Å². The molecular weight excluding hydrogens is 447 g/mol. The van der Waals surface area contributed by atoms with Crippen LogP contribution in [0.5, 0.6) is 11.5 Å². The summed E-state index contributed by atoms with van der Waals surface area (Å²) >= 11 is 0. The van der Waals surface area contributed by atoms with Gasteiger partial charge < -0.3 is 0 Å². The number of aryl methyl sites for hydroxylation is 1. The van der Waals surface area contributed by atoms with Gasteiger partial charge in [-0.1, -0.05) is 0 Å². The summed E-state index contributed by atoms with van der Waals surface area (Å²) in [6.07, 6.45) is 9.55. The minimum absolute atomic E-state index is 0.0252. The summed E-state index contributed by atoms with van der Waals surface area (Å²) in [5, 5.41) is 23.8. The quantitative estimate of drug-likeness (QED) is 0.636. The van der Waals surface area contributed by atoms with Crippen molar-refractivity contribution in [2.75, 3.05) is 32.3 Å². The monoisotopic (exact) mass is 488 g/mol. The Kier molecular flexibility index (Phi) is 5.66. The number of phenolic OH excluding ortho intramolecular Hbond substituents is 1. The van der Waals surface area contributed by atoms with Gasteiger partial charge in [0.05, 0.1) is 0 Å². The van der Waals surface area contributed by atoms with Gasteiger partial charge in [0.2, 0.25) is 0 Å². The number of carbonyl (C=O) groups is 1. The second-order valence-electron chi connectivity index (χ2n) is 11.9. The van der Waals surface area contributed by atoms with Crippen molar-refractivity contribution in [2.45, 2.75) is 82.4 Å². The van der Waals surface area contributed by atoms with Crippen LogP contribution in [0.2, 0.25) is 0 Å². The first-order chi connectivity index (χ1) is 16.3. The van der Waals surface area contributed by atoms with Crippen LogP contribution in [0.3, 0.4) is 0 Å². The van der Waals surface area contributed by atoms with E-state index in [0.717, 1.165) is 48.9 Å². The first kappa shape index (κ1) is 23.1. The molecule has 1 aromatic rings. The van der Waals surface area contributed by atoms with Crippen LogP contribution in [-0.2, 0) is 4.79 Å². The molecule has 5 aliphatic rings. The summed E-state index contributed by atoms with van der Waals surface area (Å²) in [5.41, 5.74) is 1.12. The van der Waals surface area contributed by atoms with E-state index in [4.69, 9.17) is 4.74 Å². The number of aromatic hydroxyl groups is 1. The number of rotatable bonds is 4. The molecule has 2 saturated heterocycles. The summed E-state index contributed by atoms with van der Waals surface area (Å²) in [4.78, 5) is 18.0. The maximum atomic E-state index is 13.5. The van der Waals surface area contributed by atoms with Crippen LogP contribution in [0, 0.1) is 18.8 Å². The van der Waals surface area contributed by atoms with Crippen LogP contribution < -0.4 is 10.0 Å². The molecule has 34 heavy (non-hydrogen) atoms. The normalized spacial score (nSPS) is 34.0. The Morgan fingerprint density at radius 1 is 1.18 bits per heavy atom. The van der Waals surface area contributed by atoms with Crippen molar-refractivity contribution in [3.8, 4) is 11.5 Å². The molecule has 2 saturated carbocycles. The summed E-state index contributed by atoms with van der Waals surface area (Å²) < 4.78 is 6.59. The van der Waals surface area contributed by atoms with Gasteiger partial charge in [0, 0.05) is 0 Å². The minimum atomic E-state index is -2.67. The number of benzene rings is 1. The molecular formula is C27H41N2O4P. The topological polar surface area (TPSA) is 73.2 Å². The number of hydrogen-bond donors (Lipinski definition) is 2. The average molecular weight is 489 g/mol. The number of nitrogens with zero attached hydrogens (tertiary/aromatic N) is 2. The molecule has 7 heteroatoms. The SMILES string of the molecule is Cc1ccc(O)c2c1[PH]13CCN(CC4CC4)C(C)C1(O)CCN(C(=O)CC1CCCC1)C[C@@H]3O2. The molecule has 0 radical (unpaired) electrons. The van der Waals surface area contributed by atoms with Gasteiger partial charge in [-0.15, -0.1) is 0 Å². The number of carbonyl (C=O) groups excluding carboxylic acids is 1. The summed E-state index contributed by atoms with van der Waals surface area (Å²) in [5.74, 6) is 2.05. The van der Waals surface area contributed by atoms with Gasteiger partial charge in [0.25, 0.3) is 0 Å². The van der Waals surface area contributed by atoms with E-state index in [1.54, 1.807) is 6.07 Å². The molecule has 3 heterocycles. The third kappa shape index (κ3) is 3.43. The molecule has 3 atom stereocenters. The van der Waals surface area contributed by atoms with E-state index in [0.29, 0.717) is 37.6 Å². The molecule has 2 unspecified atom stereocenters. The van der Waals surface area contributed by atoms with Crippen molar-refractivity contribution in [2.24, 2.45) is 11.8 Å². The van der Waals surface area contributed by atoms with E-state index in [1.165, 1.54) is 25.7 Å². The molecule has 2 aliphatic carbocycles.